The number of hydrogen-bond acceptors (Lipinski definition) is 5. The minimum atomic E-state index is 0.0106. The maximum absolute atomic E-state index is 14.1. The molecule has 2 aliphatic heterocycles. The van der Waals surface area contributed by atoms with Crippen LogP contribution in [0.3, 0.4) is 0 Å². The monoisotopic (exact) mass is 640 g/mol. The van der Waals surface area contributed by atoms with Crippen molar-refractivity contribution in [2.75, 3.05) is 13.1 Å². The fraction of sp³-hybridized carbons (Fsp3) is 0.195. The summed E-state index contributed by atoms with van der Waals surface area (Å²) in [5.74, 6) is 0.0106. The first kappa shape index (κ1) is 31.8. The van der Waals surface area contributed by atoms with Crippen LogP contribution < -0.4 is 0 Å². The molecule has 0 unspecified atom stereocenters. The topological polar surface area (TPSA) is 23.6 Å². The second-order valence-electron chi connectivity index (χ2n) is 11.4. The van der Waals surface area contributed by atoms with Gasteiger partial charge in [-0.05, 0) is 35.1 Å². The van der Waals surface area contributed by atoms with Crippen molar-refractivity contribution in [2.45, 2.75) is 39.5 Å². The molecule has 2 heterocycles. The lowest BCUT2D eigenvalue weighted by Crippen LogP contribution is -2.20. The summed E-state index contributed by atoms with van der Waals surface area (Å²) in [4.78, 5) is 21.2. The SMILES string of the molecule is CCCCN1C(=CC(=O)C=C2SC(c3ccccc3)=C(c3ccccc3)N2CCCC)SC(c2ccccc2)=C1c1ccccc1. The molecule has 0 saturated heterocycles. The summed E-state index contributed by atoms with van der Waals surface area (Å²) in [7, 11) is 0. The zero-order chi connectivity index (χ0) is 31.7. The van der Waals surface area contributed by atoms with Crippen LogP contribution in [0.5, 0.6) is 0 Å². The van der Waals surface area contributed by atoms with Crippen LogP contribution in [0.15, 0.2) is 144 Å². The predicted molar refractivity (Wildman–Crippen MR) is 199 cm³/mol. The van der Waals surface area contributed by atoms with Crippen molar-refractivity contribution in [1.29, 1.82) is 0 Å². The summed E-state index contributed by atoms with van der Waals surface area (Å²) in [6.07, 6.45) is 7.94. The molecule has 4 aromatic carbocycles. The first-order valence-electron chi connectivity index (χ1n) is 16.3. The van der Waals surface area contributed by atoms with Gasteiger partial charge >= 0.3 is 0 Å². The van der Waals surface area contributed by atoms with Gasteiger partial charge in [-0.15, -0.1) is 0 Å². The second kappa shape index (κ2) is 15.4. The Morgan fingerprint density at radius 3 is 1.17 bits per heavy atom. The number of carbonyl (C=O) groups is 1. The molecule has 5 heteroatoms. The maximum atomic E-state index is 14.1. The molecule has 0 bridgehead atoms. The van der Waals surface area contributed by atoms with Crippen LogP contribution in [0.2, 0.25) is 0 Å². The molecule has 2 aliphatic rings. The third kappa shape index (κ3) is 7.11. The Bertz CT molecular complexity index is 1630. The van der Waals surface area contributed by atoms with Gasteiger partial charge < -0.3 is 9.80 Å². The van der Waals surface area contributed by atoms with E-state index in [1.807, 2.05) is 12.2 Å². The third-order valence-corrected chi connectivity index (χ3v) is 10.4. The zero-order valence-corrected chi connectivity index (χ0v) is 28.2. The molecule has 232 valence electrons. The second-order valence-corrected chi connectivity index (χ2v) is 13.5. The van der Waals surface area contributed by atoms with Crippen molar-refractivity contribution < 1.29 is 4.79 Å². The summed E-state index contributed by atoms with van der Waals surface area (Å²) in [5, 5.41) is 1.96. The highest BCUT2D eigenvalue weighted by Crippen LogP contribution is 2.52. The standard InChI is InChI=1S/C41H40N2OS2/c1-3-5-27-42-36(45-40(33-23-15-9-16-24-33)38(42)31-19-11-7-12-20-31)29-35(44)30-37-43(28-6-4-2)39(32-21-13-8-14-22-32)41(46-37)34-25-17-10-18-26-34/h7-26,29-30H,3-6,27-28H2,1-2H3. The van der Waals surface area contributed by atoms with Crippen molar-refractivity contribution in [3.05, 3.63) is 166 Å². The van der Waals surface area contributed by atoms with Gasteiger partial charge in [0.25, 0.3) is 0 Å². The van der Waals surface area contributed by atoms with E-state index in [2.05, 4.69) is 145 Å². The number of hydrogen-bond donors (Lipinski definition) is 0. The Morgan fingerprint density at radius 2 is 0.848 bits per heavy atom. The molecular formula is C41H40N2OS2. The maximum Gasteiger partial charge on any atom is 0.183 e. The number of benzene rings is 4. The molecule has 6 rings (SSSR count). The molecule has 0 spiro atoms. The zero-order valence-electron chi connectivity index (χ0n) is 26.6. The summed E-state index contributed by atoms with van der Waals surface area (Å²) < 4.78 is 0. The summed E-state index contributed by atoms with van der Waals surface area (Å²) in [6.45, 7) is 6.15. The molecule has 0 aromatic heterocycles. The number of thioether (sulfide) groups is 2. The molecule has 0 fully saturated rings. The van der Waals surface area contributed by atoms with Crippen molar-refractivity contribution in [2.24, 2.45) is 0 Å². The molecule has 3 nitrogen and oxygen atoms in total. The highest BCUT2D eigenvalue weighted by molar-refractivity contribution is 8.12. The van der Waals surface area contributed by atoms with Gasteiger partial charge in [0.2, 0.25) is 0 Å². The van der Waals surface area contributed by atoms with Crippen LogP contribution in [0, 0.1) is 0 Å². The Labute approximate surface area is 282 Å². The Kier molecular flexibility index (Phi) is 10.6. The van der Waals surface area contributed by atoms with Crippen LogP contribution >= 0.6 is 23.5 Å². The molecule has 0 N–H and O–H groups in total. The average Bonchev–Trinajstić information content (AvgIpc) is 3.65. The van der Waals surface area contributed by atoms with E-state index in [1.165, 1.54) is 43.5 Å². The van der Waals surface area contributed by atoms with Gasteiger partial charge in [0.15, 0.2) is 5.78 Å². The lowest BCUT2D eigenvalue weighted by atomic mass is 10.1. The van der Waals surface area contributed by atoms with E-state index in [4.69, 9.17) is 0 Å². The minimum absolute atomic E-state index is 0.0106. The molecule has 0 radical (unpaired) electrons. The lowest BCUT2D eigenvalue weighted by Gasteiger charge is -2.24. The van der Waals surface area contributed by atoms with Crippen LogP contribution in [0.1, 0.15) is 61.8 Å². The van der Waals surface area contributed by atoms with Crippen LogP contribution in [-0.2, 0) is 4.79 Å². The van der Waals surface area contributed by atoms with Crippen molar-refractivity contribution in [1.82, 2.24) is 9.80 Å². The van der Waals surface area contributed by atoms with Crippen LogP contribution in [0.4, 0.5) is 0 Å². The molecule has 0 aliphatic carbocycles. The van der Waals surface area contributed by atoms with E-state index in [9.17, 15) is 4.79 Å². The number of rotatable bonds is 12. The van der Waals surface area contributed by atoms with E-state index >= 15 is 0 Å². The van der Waals surface area contributed by atoms with E-state index in [0.717, 1.165) is 48.8 Å². The Hall–Kier alpha value is -4.19. The van der Waals surface area contributed by atoms with Gasteiger partial charge in [-0.3, -0.25) is 4.79 Å². The summed E-state index contributed by atoms with van der Waals surface area (Å²) >= 11 is 3.41. The van der Waals surface area contributed by atoms with Gasteiger partial charge in [-0.2, -0.15) is 0 Å². The molecule has 46 heavy (non-hydrogen) atoms. The lowest BCUT2D eigenvalue weighted by molar-refractivity contribution is -0.110. The van der Waals surface area contributed by atoms with Gasteiger partial charge in [0.1, 0.15) is 0 Å². The number of unbranched alkanes of at least 4 members (excludes halogenated alkanes) is 2. The molecule has 0 saturated carbocycles. The Morgan fingerprint density at radius 1 is 0.522 bits per heavy atom. The number of nitrogens with zero attached hydrogens (tertiary/aromatic N) is 2. The first-order valence-corrected chi connectivity index (χ1v) is 17.9. The van der Waals surface area contributed by atoms with Gasteiger partial charge in [-0.25, -0.2) is 0 Å². The largest absolute Gasteiger partial charge is 0.334 e. The van der Waals surface area contributed by atoms with Crippen molar-refractivity contribution in [3.63, 3.8) is 0 Å². The van der Waals surface area contributed by atoms with E-state index < -0.39 is 0 Å². The average molecular weight is 641 g/mol. The number of ketones is 1. The fourth-order valence-corrected chi connectivity index (χ4v) is 8.31. The normalized spacial score (nSPS) is 16.7. The van der Waals surface area contributed by atoms with Gasteiger partial charge in [0.05, 0.1) is 21.5 Å². The molecular weight excluding hydrogens is 601 g/mol. The van der Waals surface area contributed by atoms with Gasteiger partial charge in [-0.1, -0.05) is 172 Å². The highest BCUT2D eigenvalue weighted by atomic mass is 32.2. The minimum Gasteiger partial charge on any atom is -0.334 e. The quantitative estimate of drug-likeness (QED) is 0.143. The first-order chi connectivity index (χ1) is 22.7. The van der Waals surface area contributed by atoms with E-state index in [0.29, 0.717) is 0 Å². The van der Waals surface area contributed by atoms with E-state index in [1.54, 1.807) is 23.5 Å². The van der Waals surface area contributed by atoms with Crippen LogP contribution in [0.25, 0.3) is 21.2 Å². The molecule has 0 amide bonds. The van der Waals surface area contributed by atoms with Crippen molar-refractivity contribution >= 4 is 50.5 Å². The van der Waals surface area contributed by atoms with Crippen LogP contribution in [-0.4, -0.2) is 28.7 Å². The van der Waals surface area contributed by atoms with E-state index in [-0.39, 0.29) is 5.78 Å². The molecule has 0 atom stereocenters. The smallest absolute Gasteiger partial charge is 0.183 e. The van der Waals surface area contributed by atoms with Gasteiger partial charge in [0, 0.05) is 35.1 Å². The highest BCUT2D eigenvalue weighted by Gasteiger charge is 2.32. The number of carbonyl (C=O) groups excluding carboxylic acids is 1. The fourth-order valence-electron chi connectivity index (χ4n) is 5.79. The van der Waals surface area contributed by atoms with Crippen molar-refractivity contribution in [3.8, 4) is 0 Å². The third-order valence-electron chi connectivity index (χ3n) is 8.08. The Balaban J connectivity index is 1.39. The number of allylic oxidation sites excluding steroid dienone is 2. The predicted octanol–water partition coefficient (Wildman–Crippen LogP) is 11.0. The molecule has 4 aromatic rings. The summed E-state index contributed by atoms with van der Waals surface area (Å²) in [5.41, 5.74) is 7.03. The summed E-state index contributed by atoms with van der Waals surface area (Å²) in [6, 6.07) is 42.3.